The Hall–Kier alpha value is -2.85. The Labute approximate surface area is 145 Å². The zero-order chi connectivity index (χ0) is 17.4. The van der Waals surface area contributed by atoms with Crippen molar-refractivity contribution in [3.8, 4) is 5.75 Å². The smallest absolute Gasteiger partial charge is 0.379 e. The van der Waals surface area contributed by atoms with Crippen molar-refractivity contribution in [2.45, 2.75) is 18.1 Å². The van der Waals surface area contributed by atoms with Gasteiger partial charge in [0.15, 0.2) is 0 Å². The highest BCUT2D eigenvalue weighted by molar-refractivity contribution is 5.91. The van der Waals surface area contributed by atoms with Crippen molar-refractivity contribution >= 4 is 16.7 Å². The number of carbonyl (C=O) groups excluding carboxylic acids is 1. The molecule has 4 nitrogen and oxygen atoms in total. The highest BCUT2D eigenvalue weighted by atomic mass is 16.7. The Morgan fingerprint density at radius 2 is 1.80 bits per heavy atom. The van der Waals surface area contributed by atoms with Crippen LogP contribution >= 0.6 is 0 Å². The number of ether oxygens (including phenoxy) is 2. The number of methoxy groups -OCH3 is 1. The van der Waals surface area contributed by atoms with E-state index in [1.807, 2.05) is 66.7 Å². The molecule has 0 saturated heterocycles. The number of aliphatic hydroxyl groups is 1. The van der Waals surface area contributed by atoms with Gasteiger partial charge in [0.25, 0.3) is 0 Å². The lowest BCUT2D eigenvalue weighted by atomic mass is 9.82. The van der Waals surface area contributed by atoms with Gasteiger partial charge in [-0.15, -0.1) is 0 Å². The molecule has 4 rings (SSSR count). The maximum Gasteiger partial charge on any atom is 0.379 e. The van der Waals surface area contributed by atoms with Crippen LogP contribution in [0.15, 0.2) is 66.7 Å². The van der Waals surface area contributed by atoms with Gasteiger partial charge in [0.2, 0.25) is 0 Å². The second kappa shape index (κ2) is 5.90. The van der Waals surface area contributed by atoms with Crippen LogP contribution < -0.4 is 4.74 Å². The Balaban J connectivity index is 1.95. The van der Waals surface area contributed by atoms with Crippen molar-refractivity contribution in [2.75, 3.05) is 7.11 Å². The van der Waals surface area contributed by atoms with Crippen LogP contribution in [0.4, 0.5) is 0 Å². The Kier molecular flexibility index (Phi) is 3.70. The van der Waals surface area contributed by atoms with Crippen molar-refractivity contribution in [3.05, 3.63) is 77.9 Å². The molecule has 3 aromatic rings. The van der Waals surface area contributed by atoms with Gasteiger partial charge in [-0.3, -0.25) is 0 Å². The summed E-state index contributed by atoms with van der Waals surface area (Å²) in [5.74, 6) is -2.43. The third kappa shape index (κ3) is 2.55. The predicted octanol–water partition coefficient (Wildman–Crippen LogP) is 3.62. The lowest BCUT2D eigenvalue weighted by Crippen LogP contribution is -2.49. The van der Waals surface area contributed by atoms with Crippen LogP contribution in [0.2, 0.25) is 0 Å². The standard InChI is InChI=1S/C21H18O4/c1-24-20(22)21(23)13-18(14-7-3-2-4-8-14)17-12-11-15-9-5-6-10-16(15)19(17)25-21/h2-12,18,23H,13H2,1H3/t18-,21+/m1/s1. The van der Waals surface area contributed by atoms with Gasteiger partial charge >= 0.3 is 11.8 Å². The molecular formula is C21H18O4. The van der Waals surface area contributed by atoms with Crippen LogP contribution in [0.1, 0.15) is 23.5 Å². The second-order valence-corrected chi connectivity index (χ2v) is 6.25. The first-order valence-electron chi connectivity index (χ1n) is 8.19. The van der Waals surface area contributed by atoms with Crippen molar-refractivity contribution in [3.63, 3.8) is 0 Å². The van der Waals surface area contributed by atoms with Gasteiger partial charge in [0.05, 0.1) is 7.11 Å². The molecule has 0 bridgehead atoms. The van der Waals surface area contributed by atoms with Crippen LogP contribution in [0, 0.1) is 0 Å². The second-order valence-electron chi connectivity index (χ2n) is 6.25. The molecule has 0 radical (unpaired) electrons. The van der Waals surface area contributed by atoms with Crippen molar-refractivity contribution in [1.82, 2.24) is 0 Å². The average molecular weight is 334 g/mol. The number of hydrogen-bond acceptors (Lipinski definition) is 4. The van der Waals surface area contributed by atoms with Gasteiger partial charge in [-0.25, -0.2) is 4.79 Å². The summed E-state index contributed by atoms with van der Waals surface area (Å²) in [6, 6.07) is 21.6. The first kappa shape index (κ1) is 15.7. The number of carbonyl (C=O) groups is 1. The molecule has 1 aliphatic rings. The number of benzene rings is 3. The normalized spacial score (nSPS) is 22.1. The fourth-order valence-corrected chi connectivity index (χ4v) is 3.51. The fourth-order valence-electron chi connectivity index (χ4n) is 3.51. The van der Waals surface area contributed by atoms with E-state index < -0.39 is 11.8 Å². The molecule has 0 amide bonds. The number of rotatable bonds is 2. The molecule has 1 heterocycles. The van der Waals surface area contributed by atoms with Crippen LogP contribution in [0.25, 0.3) is 10.8 Å². The van der Waals surface area contributed by atoms with E-state index in [2.05, 4.69) is 0 Å². The van der Waals surface area contributed by atoms with Crippen LogP contribution in [-0.2, 0) is 9.53 Å². The molecule has 0 unspecified atom stereocenters. The largest absolute Gasteiger partial charge is 0.464 e. The minimum atomic E-state index is -2.01. The summed E-state index contributed by atoms with van der Waals surface area (Å²) in [4.78, 5) is 12.2. The third-order valence-electron chi connectivity index (χ3n) is 4.74. The van der Waals surface area contributed by atoms with Crippen molar-refractivity contribution in [1.29, 1.82) is 0 Å². The molecule has 1 N–H and O–H groups in total. The number of hydrogen-bond donors (Lipinski definition) is 1. The fraction of sp³-hybridized carbons (Fsp3) is 0.190. The monoisotopic (exact) mass is 334 g/mol. The Bertz CT molecular complexity index is 935. The van der Waals surface area contributed by atoms with E-state index in [1.165, 1.54) is 7.11 Å². The first-order chi connectivity index (χ1) is 12.1. The maximum atomic E-state index is 12.2. The van der Waals surface area contributed by atoms with Gasteiger partial charge < -0.3 is 14.6 Å². The highest BCUT2D eigenvalue weighted by Gasteiger charge is 2.47. The third-order valence-corrected chi connectivity index (χ3v) is 4.74. The van der Waals surface area contributed by atoms with E-state index in [1.54, 1.807) is 0 Å². The molecule has 0 saturated carbocycles. The zero-order valence-corrected chi connectivity index (χ0v) is 13.8. The summed E-state index contributed by atoms with van der Waals surface area (Å²) in [6.45, 7) is 0. The molecule has 2 atom stereocenters. The SMILES string of the molecule is COC(=O)[C@]1(O)C[C@H](c2ccccc2)c2ccc3ccccc3c2O1. The Morgan fingerprint density at radius 1 is 1.08 bits per heavy atom. The molecule has 1 aliphatic heterocycles. The topological polar surface area (TPSA) is 55.8 Å². The highest BCUT2D eigenvalue weighted by Crippen LogP contribution is 2.47. The average Bonchev–Trinajstić information content (AvgIpc) is 2.67. The summed E-state index contributed by atoms with van der Waals surface area (Å²) in [5.41, 5.74) is 1.98. The predicted molar refractivity (Wildman–Crippen MR) is 94.4 cm³/mol. The molecule has 0 aliphatic carbocycles. The van der Waals surface area contributed by atoms with E-state index in [9.17, 15) is 9.90 Å². The summed E-state index contributed by atoms with van der Waals surface area (Å²) in [7, 11) is 1.25. The van der Waals surface area contributed by atoms with Gasteiger partial charge in [-0.05, 0) is 10.9 Å². The van der Waals surface area contributed by atoms with Crippen LogP contribution in [0.3, 0.4) is 0 Å². The van der Waals surface area contributed by atoms with Gasteiger partial charge in [0.1, 0.15) is 5.75 Å². The first-order valence-corrected chi connectivity index (χ1v) is 8.19. The lowest BCUT2D eigenvalue weighted by Gasteiger charge is -2.37. The van der Waals surface area contributed by atoms with Crippen molar-refractivity contribution in [2.24, 2.45) is 0 Å². The molecule has 0 fully saturated rings. The molecule has 4 heteroatoms. The number of esters is 1. The minimum Gasteiger partial charge on any atom is -0.464 e. The summed E-state index contributed by atoms with van der Waals surface area (Å²) in [6.07, 6.45) is 0.106. The van der Waals surface area contributed by atoms with Gasteiger partial charge in [0, 0.05) is 23.3 Å². The van der Waals surface area contributed by atoms with Crippen LogP contribution in [-0.4, -0.2) is 24.0 Å². The zero-order valence-electron chi connectivity index (χ0n) is 13.8. The number of fused-ring (bicyclic) bond motifs is 3. The Morgan fingerprint density at radius 3 is 2.56 bits per heavy atom. The molecule has 0 aromatic heterocycles. The molecule has 0 spiro atoms. The molecular weight excluding hydrogens is 316 g/mol. The minimum absolute atomic E-state index is 0.106. The molecule has 3 aromatic carbocycles. The van der Waals surface area contributed by atoms with Crippen LogP contribution in [0.5, 0.6) is 5.75 Å². The van der Waals surface area contributed by atoms with E-state index in [4.69, 9.17) is 9.47 Å². The van der Waals surface area contributed by atoms with Gasteiger partial charge in [-0.1, -0.05) is 66.7 Å². The van der Waals surface area contributed by atoms with E-state index >= 15 is 0 Å². The maximum absolute atomic E-state index is 12.2. The summed E-state index contributed by atoms with van der Waals surface area (Å²) < 4.78 is 10.6. The van der Waals surface area contributed by atoms with Crippen molar-refractivity contribution < 1.29 is 19.4 Å². The van der Waals surface area contributed by atoms with Gasteiger partial charge in [-0.2, -0.15) is 0 Å². The van der Waals surface area contributed by atoms with E-state index in [-0.39, 0.29) is 12.3 Å². The summed E-state index contributed by atoms with van der Waals surface area (Å²) in [5, 5.41) is 12.7. The molecule has 126 valence electrons. The van der Waals surface area contributed by atoms with E-state index in [0.29, 0.717) is 5.75 Å². The molecule has 25 heavy (non-hydrogen) atoms. The lowest BCUT2D eigenvalue weighted by molar-refractivity contribution is -0.202. The quantitative estimate of drug-likeness (QED) is 0.727. The van der Waals surface area contributed by atoms with E-state index in [0.717, 1.165) is 21.9 Å². The summed E-state index contributed by atoms with van der Waals surface area (Å²) >= 11 is 0.